The van der Waals surface area contributed by atoms with E-state index in [1.54, 1.807) is 12.1 Å². The average molecular weight is 540 g/mol. The molecule has 2 aromatic heterocycles. The number of carbonyl (C=O) groups is 1. The number of amides is 1. The number of ether oxygens (including phenoxy) is 3. The molecule has 1 aromatic carbocycles. The summed E-state index contributed by atoms with van der Waals surface area (Å²) >= 11 is 0. The first-order valence-electron chi connectivity index (χ1n) is 12.8. The fourth-order valence-corrected chi connectivity index (χ4v) is 5.34. The van der Waals surface area contributed by atoms with Crippen LogP contribution in [0.1, 0.15) is 29.0 Å². The molecule has 3 aromatic rings. The van der Waals surface area contributed by atoms with Gasteiger partial charge in [-0.3, -0.25) is 4.79 Å². The van der Waals surface area contributed by atoms with Crippen LogP contribution in [-0.2, 0) is 0 Å². The number of likely N-dealkylation sites (tertiary alicyclic amines) is 1. The Morgan fingerprint density at radius 1 is 1.05 bits per heavy atom. The molecule has 0 spiro atoms. The number of aryl methyl sites for hydroxylation is 1. The second-order valence-corrected chi connectivity index (χ2v) is 15.4. The lowest BCUT2D eigenvalue weighted by atomic mass is 10.2. The topological polar surface area (TPSA) is 111 Å². The van der Waals surface area contributed by atoms with Crippen LogP contribution in [0.4, 0.5) is 11.6 Å². The number of hydrogen-bond donors (Lipinski definition) is 2. The quantitative estimate of drug-likeness (QED) is 0.340. The highest BCUT2D eigenvalue weighted by Gasteiger charge is 2.22. The lowest BCUT2D eigenvalue weighted by molar-refractivity contribution is 0.0990. The zero-order valence-electron chi connectivity index (χ0n) is 23.0. The molecule has 1 aliphatic rings. The second-order valence-electron chi connectivity index (χ2n) is 10.3. The predicted octanol–water partition coefficient (Wildman–Crippen LogP) is 4.49. The van der Waals surface area contributed by atoms with Crippen LogP contribution in [0.5, 0.6) is 23.5 Å². The van der Waals surface area contributed by atoms with Crippen molar-refractivity contribution in [3.8, 4) is 23.5 Å². The summed E-state index contributed by atoms with van der Waals surface area (Å²) in [4.78, 5) is 24.2. The van der Waals surface area contributed by atoms with Crippen molar-refractivity contribution >= 4 is 30.8 Å². The summed E-state index contributed by atoms with van der Waals surface area (Å²) in [5.41, 5.74) is 1.19. The predicted molar refractivity (Wildman–Crippen MR) is 150 cm³/mol. The molecule has 0 bridgehead atoms. The van der Waals surface area contributed by atoms with Gasteiger partial charge in [0.1, 0.15) is 5.75 Å². The number of furan rings is 1. The third kappa shape index (κ3) is 6.64. The Hall–Kier alpha value is -3.57. The highest BCUT2D eigenvalue weighted by molar-refractivity contribution is 6.88. The number of anilines is 2. The maximum absolute atomic E-state index is 13.0. The van der Waals surface area contributed by atoms with E-state index in [9.17, 15) is 4.79 Å². The molecule has 1 fully saturated rings. The molecular formula is C27H37N5O5Si. The van der Waals surface area contributed by atoms with Crippen molar-refractivity contribution < 1.29 is 23.4 Å². The van der Waals surface area contributed by atoms with E-state index in [4.69, 9.17) is 18.6 Å². The normalized spacial score (nSPS) is 13.8. The van der Waals surface area contributed by atoms with Crippen molar-refractivity contribution in [2.45, 2.75) is 39.4 Å². The number of hydrogen-bond acceptors (Lipinski definition) is 9. The molecule has 1 aliphatic heterocycles. The molecule has 3 heterocycles. The Morgan fingerprint density at radius 3 is 2.37 bits per heavy atom. The fraction of sp³-hybridized carbons (Fsp3) is 0.444. The van der Waals surface area contributed by atoms with Crippen LogP contribution >= 0.6 is 0 Å². The van der Waals surface area contributed by atoms with Gasteiger partial charge in [-0.15, -0.1) is 0 Å². The van der Waals surface area contributed by atoms with Gasteiger partial charge in [0, 0.05) is 19.2 Å². The van der Waals surface area contributed by atoms with E-state index in [1.165, 1.54) is 32.2 Å². The molecule has 0 atom stereocenters. The molecule has 38 heavy (non-hydrogen) atoms. The summed E-state index contributed by atoms with van der Waals surface area (Å²) in [5, 5.41) is 7.23. The maximum atomic E-state index is 13.0. The number of benzene rings is 1. The third-order valence-electron chi connectivity index (χ3n) is 6.45. The summed E-state index contributed by atoms with van der Waals surface area (Å²) in [6.45, 7) is 12.6. The molecule has 1 amide bonds. The maximum Gasteiger partial charge on any atom is 0.291 e. The minimum atomic E-state index is -1.51. The zero-order valence-corrected chi connectivity index (χ0v) is 24.0. The minimum Gasteiger partial charge on any atom is -0.479 e. The number of methoxy groups -OCH3 is 2. The van der Waals surface area contributed by atoms with Gasteiger partial charge in [0.15, 0.2) is 11.4 Å². The summed E-state index contributed by atoms with van der Waals surface area (Å²) in [6, 6.07) is 9.41. The van der Waals surface area contributed by atoms with Gasteiger partial charge in [0.25, 0.3) is 11.9 Å². The van der Waals surface area contributed by atoms with Crippen molar-refractivity contribution in [1.82, 2.24) is 14.9 Å². The van der Waals surface area contributed by atoms with Gasteiger partial charge >= 0.3 is 0 Å². The van der Waals surface area contributed by atoms with E-state index in [0.29, 0.717) is 18.2 Å². The smallest absolute Gasteiger partial charge is 0.291 e. The molecule has 10 nitrogen and oxygen atoms in total. The fourth-order valence-electron chi connectivity index (χ4n) is 4.19. The van der Waals surface area contributed by atoms with Gasteiger partial charge in [-0.25, -0.2) is 0 Å². The van der Waals surface area contributed by atoms with Crippen molar-refractivity contribution in [3.63, 3.8) is 0 Å². The SMILES string of the molecule is COc1nc(NCCN2CCCC2)nc(OC)c1NC(=O)c1ccc(Oc2cc([Si](C)(C)C)ccc2C)o1. The summed E-state index contributed by atoms with van der Waals surface area (Å²) < 4.78 is 22.6. The van der Waals surface area contributed by atoms with Crippen LogP contribution in [0.3, 0.4) is 0 Å². The van der Waals surface area contributed by atoms with Crippen LogP contribution in [0.15, 0.2) is 34.7 Å². The molecular weight excluding hydrogens is 502 g/mol. The Kier molecular flexibility index (Phi) is 8.57. The molecule has 11 heteroatoms. The molecule has 4 rings (SSSR count). The Labute approximate surface area is 224 Å². The van der Waals surface area contributed by atoms with E-state index >= 15 is 0 Å². The number of aromatic nitrogens is 2. The van der Waals surface area contributed by atoms with Crippen LogP contribution in [0.25, 0.3) is 0 Å². The van der Waals surface area contributed by atoms with E-state index in [2.05, 4.69) is 57.3 Å². The van der Waals surface area contributed by atoms with Crippen molar-refractivity contribution in [1.29, 1.82) is 0 Å². The molecule has 0 radical (unpaired) electrons. The summed E-state index contributed by atoms with van der Waals surface area (Å²) in [7, 11) is 1.43. The molecule has 0 saturated carbocycles. The van der Waals surface area contributed by atoms with Crippen LogP contribution in [0.2, 0.25) is 19.6 Å². The first kappa shape index (κ1) is 27.5. The van der Waals surface area contributed by atoms with Gasteiger partial charge in [-0.05, 0) is 50.6 Å². The molecule has 204 valence electrons. The van der Waals surface area contributed by atoms with Crippen molar-refractivity contribution in [2.75, 3.05) is 51.0 Å². The van der Waals surface area contributed by atoms with Gasteiger partial charge in [0.2, 0.25) is 17.7 Å². The van der Waals surface area contributed by atoms with Gasteiger partial charge in [0.05, 0.1) is 22.3 Å². The van der Waals surface area contributed by atoms with Crippen LogP contribution in [0, 0.1) is 6.92 Å². The van der Waals surface area contributed by atoms with Gasteiger partial charge < -0.3 is 34.2 Å². The van der Waals surface area contributed by atoms with Gasteiger partial charge in [-0.1, -0.05) is 37.0 Å². The minimum absolute atomic E-state index is 0.0657. The van der Waals surface area contributed by atoms with Crippen molar-refractivity contribution in [3.05, 3.63) is 41.7 Å². The highest BCUT2D eigenvalue weighted by atomic mass is 28.3. The van der Waals surface area contributed by atoms with Crippen LogP contribution in [-0.4, -0.2) is 69.2 Å². The molecule has 0 aliphatic carbocycles. The number of nitrogens with one attached hydrogen (secondary N) is 2. The van der Waals surface area contributed by atoms with E-state index in [0.717, 1.165) is 25.2 Å². The van der Waals surface area contributed by atoms with E-state index in [-0.39, 0.29) is 29.2 Å². The number of nitrogens with zero attached hydrogens (tertiary/aromatic N) is 3. The molecule has 1 saturated heterocycles. The molecule has 2 N–H and O–H groups in total. The Bertz CT molecular complexity index is 1240. The third-order valence-corrected chi connectivity index (χ3v) is 8.49. The monoisotopic (exact) mass is 539 g/mol. The van der Waals surface area contributed by atoms with E-state index in [1.807, 2.05) is 13.0 Å². The first-order chi connectivity index (χ1) is 18.2. The number of rotatable bonds is 11. The van der Waals surface area contributed by atoms with Crippen LogP contribution < -0.4 is 30.0 Å². The Morgan fingerprint density at radius 2 is 1.74 bits per heavy atom. The lowest BCUT2D eigenvalue weighted by Crippen LogP contribution is -2.37. The van der Waals surface area contributed by atoms with Crippen molar-refractivity contribution in [2.24, 2.45) is 0 Å². The largest absolute Gasteiger partial charge is 0.479 e. The standard InChI is InChI=1S/C27H37N5O5Si/c1-18-9-10-19(38(4,5)6)17-21(18)37-22-12-11-20(36-22)24(33)29-23-25(34-2)30-27(31-26(23)35-3)28-13-16-32-14-7-8-15-32/h9-12,17H,7-8,13-16H2,1-6H3,(H,29,33)(H,28,30,31). The average Bonchev–Trinajstić information content (AvgIpc) is 3.57. The van der Waals surface area contributed by atoms with E-state index < -0.39 is 14.0 Å². The van der Waals surface area contributed by atoms with Gasteiger partial charge in [-0.2, -0.15) is 9.97 Å². The Balaban J connectivity index is 1.45. The summed E-state index contributed by atoms with van der Waals surface area (Å²) in [5.74, 6) is 1.19. The zero-order chi connectivity index (χ0) is 27.3. The second kappa shape index (κ2) is 11.9. The summed E-state index contributed by atoms with van der Waals surface area (Å²) in [6.07, 6.45) is 2.47. The number of carbonyl (C=O) groups excluding carboxylic acids is 1. The highest BCUT2D eigenvalue weighted by Crippen LogP contribution is 2.33. The molecule has 0 unspecified atom stereocenters. The lowest BCUT2D eigenvalue weighted by Gasteiger charge is -2.18. The first-order valence-corrected chi connectivity index (χ1v) is 16.3.